The van der Waals surface area contributed by atoms with Crippen LogP contribution in [0, 0.1) is 36.3 Å². The minimum atomic E-state index is -0.997. The molecular formula is C22H21BrN4O10S. The fourth-order valence-electron chi connectivity index (χ4n) is 3.57. The Morgan fingerprint density at radius 1 is 1.08 bits per heavy atom. The molecule has 16 heteroatoms. The van der Waals surface area contributed by atoms with Crippen molar-refractivity contribution in [3.8, 4) is 5.75 Å². The number of ether oxygens (including phenoxy) is 2. The number of nitrogens with zero attached hydrogens (tertiary/aromatic N) is 3. The third kappa shape index (κ3) is 6.02. The summed E-state index contributed by atoms with van der Waals surface area (Å²) in [6, 6.07) is 5.06. The predicted octanol–water partition coefficient (Wildman–Crippen LogP) is 4.72. The van der Waals surface area contributed by atoms with E-state index in [-0.39, 0.29) is 34.0 Å². The van der Waals surface area contributed by atoms with Crippen molar-refractivity contribution in [2.24, 2.45) is 5.92 Å². The van der Waals surface area contributed by atoms with Crippen LogP contribution >= 0.6 is 27.7 Å². The second-order valence-corrected chi connectivity index (χ2v) is 10.9. The van der Waals surface area contributed by atoms with Crippen LogP contribution in [0.2, 0.25) is 0 Å². The molecule has 2 aromatic rings. The summed E-state index contributed by atoms with van der Waals surface area (Å²) in [5.74, 6) is -1.48. The van der Waals surface area contributed by atoms with E-state index < -0.39 is 59.7 Å². The van der Waals surface area contributed by atoms with Crippen molar-refractivity contribution in [3.05, 3.63) is 71.8 Å². The van der Waals surface area contributed by atoms with Crippen molar-refractivity contribution in [1.82, 2.24) is 0 Å². The monoisotopic (exact) mass is 612 g/mol. The Kier molecular flexibility index (Phi) is 8.26. The van der Waals surface area contributed by atoms with Gasteiger partial charge in [0, 0.05) is 41.1 Å². The SMILES string of the molecule is C[C@H](CSC(=O)c1cc([N+](=O)[O-])cc([N+](=O)[O-])c1)C(=O)O[C@@H]1c2cc([N+](=O)[O-])c(N)cc2OC(C)(C)[C@H]1Br. The van der Waals surface area contributed by atoms with Gasteiger partial charge in [0.2, 0.25) is 5.12 Å². The van der Waals surface area contributed by atoms with E-state index in [1.54, 1.807) is 13.8 Å². The van der Waals surface area contributed by atoms with E-state index in [1.165, 1.54) is 19.1 Å². The van der Waals surface area contributed by atoms with Gasteiger partial charge in [-0.2, -0.15) is 0 Å². The Labute approximate surface area is 227 Å². The first kappa shape index (κ1) is 28.8. The standard InChI is InChI=1S/C22H21BrN4O10S/c1-10(9-38-21(29)11-4-12(25(30)31)6-13(5-11)26(32)33)20(28)36-18-14-7-16(27(34)35)15(24)8-17(14)37-22(2,3)19(18)23/h4-8,10,18-19H,9,24H2,1-3H3/t10-,18-,19+/m1/s1. The third-order valence-corrected chi connectivity index (χ3v) is 8.38. The molecule has 0 fully saturated rings. The maximum atomic E-state index is 13.0. The van der Waals surface area contributed by atoms with Crippen molar-refractivity contribution in [3.63, 3.8) is 0 Å². The number of nitro benzene ring substituents is 3. The Balaban J connectivity index is 1.78. The van der Waals surface area contributed by atoms with E-state index in [4.69, 9.17) is 15.2 Å². The summed E-state index contributed by atoms with van der Waals surface area (Å²) in [5, 5.41) is 32.8. The Hall–Kier alpha value is -3.79. The number of esters is 1. The van der Waals surface area contributed by atoms with E-state index >= 15 is 0 Å². The number of nitrogens with two attached hydrogens (primary N) is 1. The average Bonchev–Trinajstić information content (AvgIpc) is 2.83. The molecule has 0 unspecified atom stereocenters. The van der Waals surface area contributed by atoms with Crippen LogP contribution in [0.3, 0.4) is 0 Å². The zero-order chi connectivity index (χ0) is 28.5. The topological polar surface area (TPSA) is 208 Å². The highest BCUT2D eigenvalue weighted by Gasteiger charge is 2.46. The average molecular weight is 613 g/mol. The molecule has 3 atom stereocenters. The van der Waals surface area contributed by atoms with Gasteiger partial charge in [0.15, 0.2) is 0 Å². The third-order valence-electron chi connectivity index (χ3n) is 5.64. The summed E-state index contributed by atoms with van der Waals surface area (Å²) in [6.07, 6.45) is -0.997. The minimum absolute atomic E-state index is 0.109. The number of rotatable bonds is 8. The molecule has 0 bridgehead atoms. The van der Waals surface area contributed by atoms with Crippen LogP contribution in [-0.4, -0.2) is 42.0 Å². The lowest BCUT2D eigenvalue weighted by atomic mass is 9.90. The molecule has 0 aliphatic carbocycles. The van der Waals surface area contributed by atoms with E-state index in [1.807, 2.05) is 0 Å². The molecule has 2 aromatic carbocycles. The molecule has 1 heterocycles. The second-order valence-electron chi connectivity index (χ2n) is 8.92. The number of nitrogen functional groups attached to an aromatic ring is 1. The van der Waals surface area contributed by atoms with E-state index in [2.05, 4.69) is 15.9 Å². The molecule has 202 valence electrons. The number of non-ortho nitro benzene ring substituents is 2. The molecule has 0 aromatic heterocycles. The van der Waals surface area contributed by atoms with E-state index in [0.29, 0.717) is 11.8 Å². The van der Waals surface area contributed by atoms with Gasteiger partial charge in [-0.05, 0) is 13.8 Å². The van der Waals surface area contributed by atoms with Gasteiger partial charge in [0.25, 0.3) is 17.1 Å². The largest absolute Gasteiger partial charge is 0.486 e. The molecule has 0 amide bonds. The molecule has 14 nitrogen and oxygen atoms in total. The first-order chi connectivity index (χ1) is 17.6. The molecule has 1 aliphatic rings. The molecule has 1 aliphatic heterocycles. The molecule has 2 N–H and O–H groups in total. The van der Waals surface area contributed by atoms with Gasteiger partial charge in [0.1, 0.15) is 23.1 Å². The number of carbonyl (C=O) groups is 2. The number of anilines is 1. The maximum absolute atomic E-state index is 13.0. The van der Waals surface area contributed by atoms with Crippen molar-refractivity contribution < 1.29 is 33.8 Å². The fourth-order valence-corrected chi connectivity index (χ4v) is 4.88. The van der Waals surface area contributed by atoms with E-state index in [0.717, 1.165) is 18.2 Å². The maximum Gasteiger partial charge on any atom is 0.310 e. The molecule has 0 spiro atoms. The number of nitro groups is 3. The fraction of sp³-hybridized carbons (Fsp3) is 0.364. The number of thioether (sulfide) groups is 1. The lowest BCUT2D eigenvalue weighted by molar-refractivity contribution is -0.394. The summed E-state index contributed by atoms with van der Waals surface area (Å²) in [4.78, 5) is 56.1. The molecule has 0 radical (unpaired) electrons. The number of alkyl halides is 1. The van der Waals surface area contributed by atoms with Gasteiger partial charge < -0.3 is 15.2 Å². The number of benzene rings is 2. The highest BCUT2D eigenvalue weighted by Crippen LogP contribution is 2.48. The van der Waals surface area contributed by atoms with Crippen molar-refractivity contribution in [2.75, 3.05) is 11.5 Å². The Morgan fingerprint density at radius 2 is 1.66 bits per heavy atom. The van der Waals surface area contributed by atoms with Crippen molar-refractivity contribution >= 4 is 61.5 Å². The van der Waals surface area contributed by atoms with Crippen LogP contribution in [0.25, 0.3) is 0 Å². The summed E-state index contributed by atoms with van der Waals surface area (Å²) in [5.41, 5.74) is 3.13. The van der Waals surface area contributed by atoms with Crippen molar-refractivity contribution in [1.29, 1.82) is 0 Å². The van der Waals surface area contributed by atoms with Crippen LogP contribution < -0.4 is 10.5 Å². The van der Waals surface area contributed by atoms with Gasteiger partial charge in [0.05, 0.1) is 31.6 Å². The molecular weight excluding hydrogens is 592 g/mol. The summed E-state index contributed by atoms with van der Waals surface area (Å²) in [6.45, 7) is 4.94. The lowest BCUT2D eigenvalue weighted by Gasteiger charge is -2.41. The highest BCUT2D eigenvalue weighted by molar-refractivity contribution is 9.09. The number of hydrogen-bond donors (Lipinski definition) is 1. The molecule has 3 rings (SSSR count). The highest BCUT2D eigenvalue weighted by atomic mass is 79.9. The number of hydrogen-bond acceptors (Lipinski definition) is 12. The normalized spacial score (nSPS) is 18.4. The summed E-state index contributed by atoms with van der Waals surface area (Å²) < 4.78 is 11.6. The second kappa shape index (κ2) is 10.9. The lowest BCUT2D eigenvalue weighted by Crippen LogP contribution is -2.47. The van der Waals surface area contributed by atoms with Crippen LogP contribution in [-0.2, 0) is 9.53 Å². The van der Waals surface area contributed by atoms with Crippen LogP contribution in [0.5, 0.6) is 5.75 Å². The first-order valence-corrected chi connectivity index (χ1v) is 12.7. The van der Waals surface area contributed by atoms with Gasteiger partial charge >= 0.3 is 5.97 Å². The molecule has 38 heavy (non-hydrogen) atoms. The van der Waals surface area contributed by atoms with Crippen molar-refractivity contribution in [2.45, 2.75) is 37.3 Å². The minimum Gasteiger partial charge on any atom is -0.486 e. The summed E-state index contributed by atoms with van der Waals surface area (Å²) >= 11 is 4.10. The smallest absolute Gasteiger partial charge is 0.310 e. The first-order valence-electron chi connectivity index (χ1n) is 10.8. The van der Waals surface area contributed by atoms with Gasteiger partial charge in [-0.1, -0.05) is 34.6 Å². The molecule has 0 saturated carbocycles. The van der Waals surface area contributed by atoms with Gasteiger partial charge in [-0.25, -0.2) is 0 Å². The molecule has 0 saturated heterocycles. The quantitative estimate of drug-likeness (QED) is 0.141. The zero-order valence-electron chi connectivity index (χ0n) is 20.1. The Bertz CT molecular complexity index is 1320. The number of halogens is 1. The predicted molar refractivity (Wildman–Crippen MR) is 139 cm³/mol. The van der Waals surface area contributed by atoms with Gasteiger partial charge in [-0.3, -0.25) is 39.9 Å². The number of carbonyl (C=O) groups excluding carboxylic acids is 2. The van der Waals surface area contributed by atoms with E-state index in [9.17, 15) is 39.9 Å². The zero-order valence-corrected chi connectivity index (χ0v) is 22.5. The van der Waals surface area contributed by atoms with Gasteiger partial charge in [-0.15, -0.1) is 0 Å². The van der Waals surface area contributed by atoms with Crippen LogP contribution in [0.1, 0.15) is 42.8 Å². The Morgan fingerprint density at radius 3 is 2.18 bits per heavy atom. The summed E-state index contributed by atoms with van der Waals surface area (Å²) in [7, 11) is 0. The van der Waals surface area contributed by atoms with Crippen LogP contribution in [0.4, 0.5) is 22.7 Å². The van der Waals surface area contributed by atoms with Crippen LogP contribution in [0.15, 0.2) is 30.3 Å². The number of fused-ring (bicyclic) bond motifs is 1.